The molecular weight excluding hydrogens is 342 g/mol. The van der Waals surface area contributed by atoms with Gasteiger partial charge in [-0.1, -0.05) is 11.6 Å². The Kier molecular flexibility index (Phi) is 5.36. The summed E-state index contributed by atoms with van der Waals surface area (Å²) in [6.45, 7) is 1.04. The second-order valence-electron chi connectivity index (χ2n) is 5.61. The summed E-state index contributed by atoms with van der Waals surface area (Å²) in [5.74, 6) is 0.901. The van der Waals surface area contributed by atoms with E-state index in [1.54, 1.807) is 41.3 Å². The zero-order chi connectivity index (χ0) is 17.6. The number of halogens is 1. The smallest absolute Gasteiger partial charge is 0.260 e. The summed E-state index contributed by atoms with van der Waals surface area (Å²) >= 11 is 5.81. The van der Waals surface area contributed by atoms with Crippen LogP contribution in [0.2, 0.25) is 5.02 Å². The molecular formula is C18H16ClN3O3. The number of ether oxygens (including phenoxy) is 2. The van der Waals surface area contributed by atoms with Gasteiger partial charge in [0.15, 0.2) is 6.61 Å². The molecule has 1 unspecified atom stereocenters. The predicted octanol–water partition coefficient (Wildman–Crippen LogP) is 2.67. The van der Waals surface area contributed by atoms with Gasteiger partial charge in [-0.05, 0) is 30.3 Å². The summed E-state index contributed by atoms with van der Waals surface area (Å²) in [5, 5.41) is 9.52. The van der Waals surface area contributed by atoms with Crippen molar-refractivity contribution in [2.24, 2.45) is 0 Å². The number of nitriles is 1. The summed E-state index contributed by atoms with van der Waals surface area (Å²) < 4.78 is 11.2. The predicted molar refractivity (Wildman–Crippen MR) is 91.5 cm³/mol. The van der Waals surface area contributed by atoms with E-state index in [1.807, 2.05) is 6.07 Å². The van der Waals surface area contributed by atoms with E-state index in [1.165, 1.54) is 6.20 Å². The van der Waals surface area contributed by atoms with E-state index in [0.717, 1.165) is 0 Å². The Bertz CT molecular complexity index is 789. The molecule has 0 saturated carbocycles. The summed E-state index contributed by atoms with van der Waals surface area (Å²) in [4.78, 5) is 18.0. The molecule has 1 atom stereocenters. The normalized spacial score (nSPS) is 16.3. The highest BCUT2D eigenvalue weighted by molar-refractivity contribution is 6.30. The molecule has 1 fully saturated rings. The SMILES string of the molecule is N#Cc1ccnc(OC2CCN(C(=O)COc3ccc(Cl)cc3)C2)c1. The quantitative estimate of drug-likeness (QED) is 0.822. The second-order valence-corrected chi connectivity index (χ2v) is 6.04. The molecule has 0 radical (unpaired) electrons. The van der Waals surface area contributed by atoms with Gasteiger partial charge in [-0.3, -0.25) is 4.79 Å². The summed E-state index contributed by atoms with van der Waals surface area (Å²) in [6.07, 6.45) is 2.11. The van der Waals surface area contributed by atoms with E-state index >= 15 is 0 Å². The van der Waals surface area contributed by atoms with E-state index in [2.05, 4.69) is 4.98 Å². The minimum Gasteiger partial charge on any atom is -0.484 e. The van der Waals surface area contributed by atoms with Crippen LogP contribution in [0.1, 0.15) is 12.0 Å². The minimum absolute atomic E-state index is 0.0312. The molecule has 25 heavy (non-hydrogen) atoms. The van der Waals surface area contributed by atoms with Crippen molar-refractivity contribution in [2.45, 2.75) is 12.5 Å². The van der Waals surface area contributed by atoms with Crippen LogP contribution in [0.25, 0.3) is 0 Å². The molecule has 1 aromatic carbocycles. The highest BCUT2D eigenvalue weighted by atomic mass is 35.5. The van der Waals surface area contributed by atoms with Gasteiger partial charge in [0.2, 0.25) is 5.88 Å². The molecule has 0 aliphatic carbocycles. The molecule has 1 aliphatic heterocycles. The van der Waals surface area contributed by atoms with Gasteiger partial charge in [0, 0.05) is 30.3 Å². The van der Waals surface area contributed by atoms with Crippen LogP contribution in [0.15, 0.2) is 42.6 Å². The van der Waals surface area contributed by atoms with Crippen LogP contribution in [0, 0.1) is 11.3 Å². The number of amides is 1. The summed E-state index contributed by atoms with van der Waals surface area (Å²) in [5.41, 5.74) is 0.493. The number of hydrogen-bond donors (Lipinski definition) is 0. The van der Waals surface area contributed by atoms with Crippen molar-refractivity contribution >= 4 is 17.5 Å². The highest BCUT2D eigenvalue weighted by Gasteiger charge is 2.28. The number of aromatic nitrogens is 1. The van der Waals surface area contributed by atoms with Crippen LogP contribution in [0.4, 0.5) is 0 Å². The Hall–Kier alpha value is -2.78. The van der Waals surface area contributed by atoms with E-state index in [0.29, 0.717) is 41.7 Å². The lowest BCUT2D eigenvalue weighted by atomic mass is 10.3. The molecule has 0 N–H and O–H groups in total. The van der Waals surface area contributed by atoms with Crippen LogP contribution in [-0.2, 0) is 4.79 Å². The van der Waals surface area contributed by atoms with E-state index in [4.69, 9.17) is 26.3 Å². The summed E-state index contributed by atoms with van der Waals surface area (Å²) in [6, 6.07) is 12.1. The van der Waals surface area contributed by atoms with Gasteiger partial charge < -0.3 is 14.4 Å². The summed E-state index contributed by atoms with van der Waals surface area (Å²) in [7, 11) is 0. The molecule has 0 spiro atoms. The third kappa shape index (κ3) is 4.61. The molecule has 1 aliphatic rings. The van der Waals surface area contributed by atoms with Gasteiger partial charge in [0.05, 0.1) is 18.2 Å². The molecule has 2 heterocycles. The Morgan fingerprint density at radius 2 is 2.16 bits per heavy atom. The fraction of sp³-hybridized carbons (Fsp3) is 0.278. The topological polar surface area (TPSA) is 75.5 Å². The molecule has 1 saturated heterocycles. The first-order chi connectivity index (χ1) is 12.1. The van der Waals surface area contributed by atoms with Crippen molar-refractivity contribution in [2.75, 3.05) is 19.7 Å². The molecule has 1 amide bonds. The van der Waals surface area contributed by atoms with Gasteiger partial charge in [0.25, 0.3) is 5.91 Å². The first-order valence-electron chi connectivity index (χ1n) is 7.83. The Morgan fingerprint density at radius 1 is 1.36 bits per heavy atom. The monoisotopic (exact) mass is 357 g/mol. The van der Waals surface area contributed by atoms with Crippen LogP contribution in [0.3, 0.4) is 0 Å². The number of carbonyl (C=O) groups excluding carboxylic acids is 1. The molecule has 2 aromatic rings. The maximum absolute atomic E-state index is 12.2. The van der Waals surface area contributed by atoms with Crippen molar-refractivity contribution < 1.29 is 14.3 Å². The maximum Gasteiger partial charge on any atom is 0.260 e. The van der Waals surface area contributed by atoms with Gasteiger partial charge >= 0.3 is 0 Å². The molecule has 6 nitrogen and oxygen atoms in total. The number of rotatable bonds is 5. The number of hydrogen-bond acceptors (Lipinski definition) is 5. The van der Waals surface area contributed by atoms with Crippen LogP contribution in [0.5, 0.6) is 11.6 Å². The van der Waals surface area contributed by atoms with E-state index < -0.39 is 0 Å². The van der Waals surface area contributed by atoms with Crippen LogP contribution < -0.4 is 9.47 Å². The largest absolute Gasteiger partial charge is 0.484 e. The average molecular weight is 358 g/mol. The lowest BCUT2D eigenvalue weighted by molar-refractivity contribution is -0.132. The number of pyridine rings is 1. The molecule has 3 rings (SSSR count). The van der Waals surface area contributed by atoms with Gasteiger partial charge in [-0.25, -0.2) is 4.98 Å². The zero-order valence-corrected chi connectivity index (χ0v) is 14.1. The van der Waals surface area contributed by atoms with E-state index in [9.17, 15) is 4.79 Å². The average Bonchev–Trinajstić information content (AvgIpc) is 3.09. The maximum atomic E-state index is 12.2. The highest BCUT2D eigenvalue weighted by Crippen LogP contribution is 2.19. The van der Waals surface area contributed by atoms with Crippen molar-refractivity contribution in [1.29, 1.82) is 5.26 Å². The number of nitrogens with zero attached hydrogens (tertiary/aromatic N) is 3. The molecule has 0 bridgehead atoms. The minimum atomic E-state index is -0.138. The van der Waals surface area contributed by atoms with Crippen molar-refractivity contribution in [3.05, 3.63) is 53.2 Å². The number of carbonyl (C=O) groups is 1. The second kappa shape index (κ2) is 7.86. The molecule has 1 aromatic heterocycles. The van der Waals surface area contributed by atoms with Crippen LogP contribution >= 0.6 is 11.6 Å². The molecule has 7 heteroatoms. The zero-order valence-electron chi connectivity index (χ0n) is 13.4. The van der Waals surface area contributed by atoms with Gasteiger partial charge in [0.1, 0.15) is 11.9 Å². The fourth-order valence-electron chi connectivity index (χ4n) is 2.53. The number of benzene rings is 1. The van der Waals surface area contributed by atoms with E-state index in [-0.39, 0.29) is 18.6 Å². The Morgan fingerprint density at radius 3 is 2.92 bits per heavy atom. The lowest BCUT2D eigenvalue weighted by Crippen LogP contribution is -2.34. The number of likely N-dealkylation sites (tertiary alicyclic amines) is 1. The van der Waals surface area contributed by atoms with Gasteiger partial charge in [-0.15, -0.1) is 0 Å². The first kappa shape index (κ1) is 17.1. The fourth-order valence-corrected chi connectivity index (χ4v) is 2.66. The van der Waals surface area contributed by atoms with Gasteiger partial charge in [-0.2, -0.15) is 5.26 Å². The van der Waals surface area contributed by atoms with Crippen LogP contribution in [-0.4, -0.2) is 41.6 Å². The molecule has 128 valence electrons. The van der Waals surface area contributed by atoms with Crippen molar-refractivity contribution in [3.63, 3.8) is 0 Å². The lowest BCUT2D eigenvalue weighted by Gasteiger charge is -2.17. The Balaban J connectivity index is 1.49. The Labute approximate surface area is 150 Å². The van der Waals surface area contributed by atoms with Crippen molar-refractivity contribution in [1.82, 2.24) is 9.88 Å². The first-order valence-corrected chi connectivity index (χ1v) is 8.21. The third-order valence-electron chi connectivity index (χ3n) is 3.83. The van der Waals surface area contributed by atoms with Crippen molar-refractivity contribution in [3.8, 4) is 17.7 Å². The standard InChI is InChI=1S/C18H16ClN3O3/c19-14-1-3-15(4-2-14)24-12-18(23)22-8-6-16(11-22)25-17-9-13(10-20)5-7-21-17/h1-5,7,9,16H,6,8,11-12H2. The third-order valence-corrected chi connectivity index (χ3v) is 4.08.